The van der Waals surface area contributed by atoms with Crippen LogP contribution in [-0.2, 0) is 11.8 Å². The lowest BCUT2D eigenvalue weighted by Crippen LogP contribution is -2.36. The third kappa shape index (κ3) is 3.31. The first-order valence-electron chi connectivity index (χ1n) is 10.1. The monoisotopic (exact) mass is 403 g/mol. The van der Waals surface area contributed by atoms with Crippen LogP contribution in [0.15, 0.2) is 18.6 Å². The van der Waals surface area contributed by atoms with Crippen molar-refractivity contribution in [2.75, 3.05) is 13.2 Å². The van der Waals surface area contributed by atoms with Gasteiger partial charge in [0.25, 0.3) is 11.8 Å². The number of nitrogens with zero attached hydrogens (tertiary/aromatic N) is 4. The van der Waals surface area contributed by atoms with Gasteiger partial charge in [0.15, 0.2) is 5.82 Å². The highest BCUT2D eigenvalue weighted by Gasteiger charge is 2.71. The number of rotatable bonds is 4. The van der Waals surface area contributed by atoms with E-state index in [1.807, 2.05) is 7.05 Å². The predicted octanol–water partition coefficient (Wildman–Crippen LogP) is 2.54. The van der Waals surface area contributed by atoms with Crippen LogP contribution in [-0.4, -0.2) is 50.6 Å². The molecule has 1 aliphatic heterocycles. The fourth-order valence-corrected chi connectivity index (χ4v) is 4.66. The van der Waals surface area contributed by atoms with Crippen LogP contribution in [0.3, 0.4) is 0 Å². The zero-order valence-electron chi connectivity index (χ0n) is 16.1. The van der Waals surface area contributed by atoms with Crippen molar-refractivity contribution in [3.05, 3.63) is 30.0 Å². The van der Waals surface area contributed by atoms with Gasteiger partial charge in [-0.25, -0.2) is 23.7 Å². The minimum absolute atomic E-state index is 0.197. The van der Waals surface area contributed by atoms with Gasteiger partial charge in [0.2, 0.25) is 0 Å². The van der Waals surface area contributed by atoms with Gasteiger partial charge in [-0.1, -0.05) is 0 Å². The molecule has 1 saturated heterocycles. The molecule has 3 aliphatic rings. The van der Waals surface area contributed by atoms with E-state index in [4.69, 9.17) is 9.72 Å². The summed E-state index contributed by atoms with van der Waals surface area (Å²) in [7, 11) is 1.84. The number of imidazole rings is 1. The Kier molecular flexibility index (Phi) is 4.38. The summed E-state index contributed by atoms with van der Waals surface area (Å²) in [6, 6.07) is 1.51. The van der Waals surface area contributed by atoms with E-state index in [0.29, 0.717) is 31.9 Å². The number of hydrogen-bond donors (Lipinski definition) is 1. The van der Waals surface area contributed by atoms with Crippen LogP contribution in [0.2, 0.25) is 0 Å². The highest BCUT2D eigenvalue weighted by molar-refractivity contribution is 5.93. The molecule has 2 saturated carbocycles. The van der Waals surface area contributed by atoms with E-state index in [1.54, 1.807) is 23.2 Å². The van der Waals surface area contributed by atoms with Crippen LogP contribution in [0.25, 0.3) is 11.5 Å². The van der Waals surface area contributed by atoms with Crippen molar-refractivity contribution < 1.29 is 18.3 Å². The molecule has 7 nitrogen and oxygen atoms in total. The van der Waals surface area contributed by atoms with Gasteiger partial charge in [-0.3, -0.25) is 4.79 Å². The number of carbonyl (C=O) groups excluding carboxylic acids is 1. The molecule has 0 bridgehead atoms. The maximum Gasteiger partial charge on any atom is 0.270 e. The zero-order valence-corrected chi connectivity index (χ0v) is 16.1. The number of aromatic nitrogens is 4. The predicted molar refractivity (Wildman–Crippen MR) is 99.4 cm³/mol. The van der Waals surface area contributed by atoms with E-state index in [9.17, 15) is 13.6 Å². The maximum atomic E-state index is 13.4. The Bertz CT molecular complexity index is 927. The SMILES string of the molecule is Cn1cncc1-c1nc(C(=O)NC2C[C@@H]3[C@H](C2)C3(F)F)cc(C2CCOCC2)n1. The minimum atomic E-state index is -2.54. The highest BCUT2D eigenvalue weighted by Crippen LogP contribution is 2.64. The molecule has 2 aliphatic carbocycles. The van der Waals surface area contributed by atoms with Crippen LogP contribution in [0.1, 0.15) is 47.8 Å². The molecule has 2 aromatic heterocycles. The average molecular weight is 403 g/mol. The van der Waals surface area contributed by atoms with Gasteiger partial charge in [-0.05, 0) is 31.7 Å². The average Bonchev–Trinajstić information content (AvgIpc) is 3.13. The molecule has 2 aromatic rings. The van der Waals surface area contributed by atoms with E-state index < -0.39 is 17.8 Å². The number of hydrogen-bond acceptors (Lipinski definition) is 5. The van der Waals surface area contributed by atoms with Crippen LogP contribution in [0.4, 0.5) is 8.78 Å². The number of amides is 1. The second kappa shape index (κ2) is 6.83. The van der Waals surface area contributed by atoms with Crippen LogP contribution in [0.5, 0.6) is 0 Å². The number of ether oxygens (including phenoxy) is 1. The summed E-state index contributed by atoms with van der Waals surface area (Å²) in [4.78, 5) is 26.2. The maximum absolute atomic E-state index is 13.4. The summed E-state index contributed by atoms with van der Waals surface area (Å²) < 4.78 is 34.1. The Morgan fingerprint density at radius 1 is 1.24 bits per heavy atom. The lowest BCUT2D eigenvalue weighted by atomic mass is 9.95. The van der Waals surface area contributed by atoms with Gasteiger partial charge >= 0.3 is 0 Å². The molecule has 29 heavy (non-hydrogen) atoms. The highest BCUT2D eigenvalue weighted by atomic mass is 19.3. The first-order chi connectivity index (χ1) is 13.9. The molecule has 3 heterocycles. The third-order valence-electron chi connectivity index (χ3n) is 6.44. The van der Waals surface area contributed by atoms with E-state index >= 15 is 0 Å². The second-order valence-electron chi connectivity index (χ2n) is 8.31. The minimum Gasteiger partial charge on any atom is -0.381 e. The van der Waals surface area contributed by atoms with Crippen molar-refractivity contribution in [2.24, 2.45) is 18.9 Å². The van der Waals surface area contributed by atoms with Crippen LogP contribution < -0.4 is 5.32 Å². The van der Waals surface area contributed by atoms with Crippen molar-refractivity contribution in [1.82, 2.24) is 24.8 Å². The Balaban J connectivity index is 1.40. The molecular formula is C20H23F2N5O2. The lowest BCUT2D eigenvalue weighted by molar-refractivity contribution is 0.0648. The van der Waals surface area contributed by atoms with Crippen molar-refractivity contribution in [3.8, 4) is 11.5 Å². The van der Waals surface area contributed by atoms with E-state index in [2.05, 4.69) is 15.3 Å². The second-order valence-corrected chi connectivity index (χ2v) is 8.31. The van der Waals surface area contributed by atoms with Crippen molar-refractivity contribution in [2.45, 2.75) is 43.6 Å². The number of alkyl halides is 2. The Morgan fingerprint density at radius 2 is 1.97 bits per heavy atom. The van der Waals surface area contributed by atoms with Gasteiger partial charge < -0.3 is 14.6 Å². The fraction of sp³-hybridized carbons (Fsp3) is 0.600. The van der Waals surface area contributed by atoms with Gasteiger partial charge in [-0.15, -0.1) is 0 Å². The molecule has 0 aromatic carbocycles. The molecule has 5 rings (SSSR count). The zero-order chi connectivity index (χ0) is 20.2. The summed E-state index contributed by atoms with van der Waals surface area (Å²) in [6.45, 7) is 1.33. The third-order valence-corrected chi connectivity index (χ3v) is 6.44. The first-order valence-corrected chi connectivity index (χ1v) is 10.1. The number of halogens is 2. The number of fused-ring (bicyclic) bond motifs is 1. The van der Waals surface area contributed by atoms with E-state index in [1.165, 1.54) is 0 Å². The fourth-order valence-electron chi connectivity index (χ4n) is 4.66. The lowest BCUT2D eigenvalue weighted by Gasteiger charge is -2.22. The standard InChI is InChI=1S/C20H23F2N5O2/c1-27-10-23-9-17(27)18-25-15(11-2-4-29-5-3-11)8-16(26-18)19(28)24-12-6-13-14(7-12)20(13,21)22/h8-14H,2-7H2,1H3,(H,24,28)/t12?,13-,14+. The van der Waals surface area contributed by atoms with Crippen LogP contribution >= 0.6 is 0 Å². The van der Waals surface area contributed by atoms with Gasteiger partial charge in [0.05, 0.1) is 12.5 Å². The molecule has 0 radical (unpaired) electrons. The summed E-state index contributed by atoms with van der Waals surface area (Å²) in [5, 5.41) is 2.90. The van der Waals surface area contributed by atoms with E-state index in [0.717, 1.165) is 24.2 Å². The Labute approximate surface area is 166 Å². The Hall–Kier alpha value is -2.42. The number of carbonyl (C=O) groups is 1. The summed E-state index contributed by atoms with van der Waals surface area (Å²) in [6.07, 6.45) is 5.65. The van der Waals surface area contributed by atoms with Crippen molar-refractivity contribution in [1.29, 1.82) is 0 Å². The number of nitrogens with one attached hydrogen (secondary N) is 1. The quantitative estimate of drug-likeness (QED) is 0.849. The Morgan fingerprint density at radius 3 is 2.62 bits per heavy atom. The topological polar surface area (TPSA) is 81.9 Å². The normalized spacial score (nSPS) is 28.2. The van der Waals surface area contributed by atoms with Gasteiger partial charge in [-0.2, -0.15) is 0 Å². The molecular weight excluding hydrogens is 380 g/mol. The summed E-state index contributed by atoms with van der Waals surface area (Å²) in [5.41, 5.74) is 1.80. The van der Waals surface area contributed by atoms with Crippen molar-refractivity contribution >= 4 is 5.91 Å². The first kappa shape index (κ1) is 18.6. The smallest absolute Gasteiger partial charge is 0.270 e. The molecule has 1 N–H and O–H groups in total. The van der Waals surface area contributed by atoms with Gasteiger partial charge in [0.1, 0.15) is 11.4 Å². The molecule has 9 heteroatoms. The number of aryl methyl sites for hydroxylation is 1. The van der Waals surface area contributed by atoms with Gasteiger partial charge in [0, 0.05) is 49.8 Å². The molecule has 1 amide bonds. The molecule has 3 atom stereocenters. The summed E-state index contributed by atoms with van der Waals surface area (Å²) >= 11 is 0. The van der Waals surface area contributed by atoms with Crippen molar-refractivity contribution in [3.63, 3.8) is 0 Å². The largest absolute Gasteiger partial charge is 0.381 e. The summed E-state index contributed by atoms with van der Waals surface area (Å²) in [5.74, 6) is -3.40. The molecule has 1 unspecified atom stereocenters. The van der Waals surface area contributed by atoms with E-state index in [-0.39, 0.29) is 23.6 Å². The molecule has 154 valence electrons. The molecule has 0 spiro atoms. The van der Waals surface area contributed by atoms with Crippen LogP contribution in [0, 0.1) is 11.8 Å². The molecule has 3 fully saturated rings.